The Bertz CT molecular complexity index is 1730. The highest BCUT2D eigenvalue weighted by Gasteiger charge is 2.32. The van der Waals surface area contributed by atoms with Crippen LogP contribution in [0, 0.1) is 0 Å². The van der Waals surface area contributed by atoms with Crippen molar-refractivity contribution in [3.63, 3.8) is 0 Å². The molecule has 1 saturated heterocycles. The lowest BCUT2D eigenvalue weighted by Gasteiger charge is -2.38. The van der Waals surface area contributed by atoms with E-state index in [1.165, 1.54) is 18.7 Å². The van der Waals surface area contributed by atoms with Crippen LogP contribution in [0.2, 0.25) is 0 Å². The molecule has 1 aliphatic heterocycles. The van der Waals surface area contributed by atoms with Crippen molar-refractivity contribution in [2.75, 3.05) is 31.5 Å². The van der Waals surface area contributed by atoms with E-state index >= 15 is 0 Å². The van der Waals surface area contributed by atoms with Crippen LogP contribution in [0.1, 0.15) is 45.1 Å². The Morgan fingerprint density at radius 3 is 2.51 bits per heavy atom. The molecule has 4 aromatic heterocycles. The number of piperazine rings is 1. The molecular weight excluding hydrogens is 564 g/mol. The predicted molar refractivity (Wildman–Crippen MR) is 146 cm³/mol. The minimum absolute atomic E-state index is 0.155. The first kappa shape index (κ1) is 27.8. The van der Waals surface area contributed by atoms with Gasteiger partial charge < -0.3 is 19.2 Å². The Labute approximate surface area is 243 Å². The van der Waals surface area contributed by atoms with Crippen LogP contribution < -0.4 is 5.32 Å². The number of nitrogens with zero attached hydrogens (tertiary/aromatic N) is 10. The second-order valence-electron chi connectivity index (χ2n) is 9.67. The molecule has 1 fully saturated rings. The number of aromatic nitrogens is 8. The third kappa shape index (κ3) is 5.85. The molecule has 0 unspecified atom stereocenters. The van der Waals surface area contributed by atoms with Crippen LogP contribution in [0.3, 0.4) is 0 Å². The van der Waals surface area contributed by atoms with Crippen molar-refractivity contribution in [1.82, 2.24) is 49.5 Å². The summed E-state index contributed by atoms with van der Waals surface area (Å²) in [5.41, 5.74) is 1.53. The molecular formula is C27H25F2N11O3. The van der Waals surface area contributed by atoms with Gasteiger partial charge in [-0.1, -0.05) is 35.1 Å². The van der Waals surface area contributed by atoms with Crippen molar-refractivity contribution in [1.29, 1.82) is 0 Å². The zero-order chi connectivity index (χ0) is 29.9. The van der Waals surface area contributed by atoms with Crippen LogP contribution >= 0.6 is 0 Å². The fourth-order valence-corrected chi connectivity index (χ4v) is 4.83. The summed E-state index contributed by atoms with van der Waals surface area (Å²) in [6.45, 7) is -1.30. The maximum atomic E-state index is 13.4. The number of rotatable bonds is 8. The SMILES string of the molecule is Cn1ccnc1C(=O)Nc1coc(-c2ccnc(C(=O)N3CCN([C@H](c4ccccc4)c4nnn(C(F)F)n4)CC3)c2)n1. The summed E-state index contributed by atoms with van der Waals surface area (Å²) in [4.78, 5) is 42.4. The van der Waals surface area contributed by atoms with Gasteiger partial charge in [-0.2, -0.15) is 13.8 Å². The fourth-order valence-electron chi connectivity index (χ4n) is 4.83. The van der Waals surface area contributed by atoms with Crippen LogP contribution in [-0.2, 0) is 7.05 Å². The number of benzene rings is 1. The number of hydrogen-bond donors (Lipinski definition) is 1. The van der Waals surface area contributed by atoms with Gasteiger partial charge in [-0.3, -0.25) is 19.5 Å². The van der Waals surface area contributed by atoms with Crippen LogP contribution in [0.15, 0.2) is 71.7 Å². The number of pyridine rings is 1. The van der Waals surface area contributed by atoms with Gasteiger partial charge in [0.1, 0.15) is 12.0 Å². The molecule has 5 aromatic rings. The molecule has 0 radical (unpaired) electrons. The number of imidazole rings is 1. The molecule has 43 heavy (non-hydrogen) atoms. The van der Waals surface area contributed by atoms with Crippen LogP contribution in [0.25, 0.3) is 11.5 Å². The summed E-state index contributed by atoms with van der Waals surface area (Å²) >= 11 is 0. The largest absolute Gasteiger partial charge is 0.442 e. The Kier molecular flexibility index (Phi) is 7.65. The molecule has 1 N–H and O–H groups in total. The smallest absolute Gasteiger partial charge is 0.350 e. The number of hydrogen-bond acceptors (Lipinski definition) is 10. The number of carbonyl (C=O) groups excluding carboxylic acids is 2. The molecule has 1 atom stereocenters. The van der Waals surface area contributed by atoms with E-state index in [0.29, 0.717) is 31.7 Å². The lowest BCUT2D eigenvalue weighted by atomic mass is 10.0. The highest BCUT2D eigenvalue weighted by molar-refractivity contribution is 6.01. The van der Waals surface area contributed by atoms with Crippen molar-refractivity contribution >= 4 is 17.6 Å². The molecule has 1 aromatic carbocycles. The molecule has 1 aliphatic rings. The molecule has 0 bridgehead atoms. The van der Waals surface area contributed by atoms with E-state index in [1.807, 2.05) is 35.2 Å². The number of halogens is 2. The van der Waals surface area contributed by atoms with E-state index < -0.39 is 18.5 Å². The first-order valence-electron chi connectivity index (χ1n) is 13.2. The highest BCUT2D eigenvalue weighted by atomic mass is 19.3. The van der Waals surface area contributed by atoms with Gasteiger partial charge in [0.2, 0.25) is 5.89 Å². The van der Waals surface area contributed by atoms with Crippen molar-refractivity contribution in [2.45, 2.75) is 12.6 Å². The van der Waals surface area contributed by atoms with Crippen molar-refractivity contribution in [2.24, 2.45) is 7.05 Å². The predicted octanol–water partition coefficient (Wildman–Crippen LogP) is 2.65. The molecule has 6 rings (SSSR count). The van der Waals surface area contributed by atoms with Gasteiger partial charge in [0.25, 0.3) is 11.8 Å². The van der Waals surface area contributed by atoms with Gasteiger partial charge in [0.05, 0.1) is 6.04 Å². The topological polar surface area (TPSA) is 153 Å². The Morgan fingerprint density at radius 2 is 1.81 bits per heavy atom. The molecule has 220 valence electrons. The molecule has 16 heteroatoms. The Balaban J connectivity index is 1.13. The number of tetrazole rings is 1. The van der Waals surface area contributed by atoms with E-state index in [-0.39, 0.29) is 39.8 Å². The lowest BCUT2D eigenvalue weighted by molar-refractivity contribution is 0.0385. The van der Waals surface area contributed by atoms with Gasteiger partial charge >= 0.3 is 6.55 Å². The molecule has 0 saturated carbocycles. The zero-order valence-electron chi connectivity index (χ0n) is 22.8. The van der Waals surface area contributed by atoms with E-state index in [4.69, 9.17) is 4.42 Å². The minimum atomic E-state index is -2.90. The molecule has 14 nitrogen and oxygen atoms in total. The number of carbonyl (C=O) groups is 2. The lowest BCUT2D eigenvalue weighted by Crippen LogP contribution is -2.50. The average Bonchev–Trinajstić information content (AvgIpc) is 3.80. The highest BCUT2D eigenvalue weighted by Crippen LogP contribution is 2.28. The maximum Gasteiger partial charge on any atom is 0.350 e. The first-order valence-corrected chi connectivity index (χ1v) is 13.2. The van der Waals surface area contributed by atoms with Gasteiger partial charge in [-0.05, 0) is 22.9 Å². The standard InChI is InChI=1S/C27H25F2N11O3/c1-37-10-9-31-23(37)24(41)32-20-16-43-25(33-20)18-7-8-30-19(15-18)26(42)39-13-11-38(12-14-39)21(17-5-3-2-4-6-17)22-34-36-40(35-22)27(28)29/h2-10,15-16,21,27H,11-14H2,1H3,(H,32,41)/t21-/m1/s1. The minimum Gasteiger partial charge on any atom is -0.442 e. The van der Waals surface area contributed by atoms with Crippen molar-refractivity contribution < 1.29 is 22.8 Å². The first-order chi connectivity index (χ1) is 20.9. The number of nitrogens with one attached hydrogen (secondary N) is 1. The quantitative estimate of drug-likeness (QED) is 0.286. The second-order valence-corrected chi connectivity index (χ2v) is 9.67. The van der Waals surface area contributed by atoms with Crippen molar-refractivity contribution in [3.8, 4) is 11.5 Å². The number of aryl methyl sites for hydroxylation is 1. The summed E-state index contributed by atoms with van der Waals surface area (Å²) in [5.74, 6) is 0.0380. The molecule has 2 amide bonds. The fraction of sp³-hybridized carbons (Fsp3) is 0.259. The normalized spacial score (nSPS) is 14.7. The van der Waals surface area contributed by atoms with Crippen LogP contribution in [0.5, 0.6) is 0 Å². The summed E-state index contributed by atoms with van der Waals surface area (Å²) in [5, 5.41) is 13.9. The number of anilines is 1. The maximum absolute atomic E-state index is 13.4. The van der Waals surface area contributed by atoms with Gasteiger partial charge in [-0.25, -0.2) is 4.98 Å². The summed E-state index contributed by atoms with van der Waals surface area (Å²) in [6.07, 6.45) is 5.95. The van der Waals surface area contributed by atoms with E-state index in [0.717, 1.165) is 5.56 Å². The van der Waals surface area contributed by atoms with Crippen LogP contribution in [0.4, 0.5) is 14.6 Å². The molecule has 0 aliphatic carbocycles. The zero-order valence-corrected chi connectivity index (χ0v) is 22.8. The second kappa shape index (κ2) is 11.8. The number of oxazole rings is 1. The van der Waals surface area contributed by atoms with E-state index in [9.17, 15) is 18.4 Å². The molecule has 0 spiro atoms. The van der Waals surface area contributed by atoms with E-state index in [1.54, 1.807) is 34.8 Å². The summed E-state index contributed by atoms with van der Waals surface area (Å²) in [6, 6.07) is 12.0. The molecule has 5 heterocycles. The van der Waals surface area contributed by atoms with Gasteiger partial charge in [0, 0.05) is 57.4 Å². The summed E-state index contributed by atoms with van der Waals surface area (Å²) in [7, 11) is 1.70. The Hall–Kier alpha value is -5.38. The van der Waals surface area contributed by atoms with E-state index in [2.05, 4.69) is 35.7 Å². The summed E-state index contributed by atoms with van der Waals surface area (Å²) < 4.78 is 33.4. The monoisotopic (exact) mass is 589 g/mol. The average molecular weight is 590 g/mol. The third-order valence-electron chi connectivity index (χ3n) is 6.94. The van der Waals surface area contributed by atoms with Crippen molar-refractivity contribution in [3.05, 3.63) is 90.2 Å². The third-order valence-corrected chi connectivity index (χ3v) is 6.94. The Morgan fingerprint density at radius 1 is 1.02 bits per heavy atom. The number of alkyl halides is 2. The van der Waals surface area contributed by atoms with Gasteiger partial charge in [0.15, 0.2) is 17.5 Å². The van der Waals surface area contributed by atoms with Crippen LogP contribution in [-0.4, -0.2) is 87.5 Å². The number of amides is 2. The van der Waals surface area contributed by atoms with Gasteiger partial charge in [-0.15, -0.1) is 10.2 Å².